The molecule has 0 aliphatic carbocycles. The zero-order valence-corrected chi connectivity index (χ0v) is 19.7. The first kappa shape index (κ1) is 22.4. The lowest BCUT2D eigenvalue weighted by Crippen LogP contribution is -2.46. The first-order valence-corrected chi connectivity index (χ1v) is 11.2. The molecular weight excluding hydrogens is 489 g/mol. The number of thioether (sulfide) groups is 1. The van der Waals surface area contributed by atoms with Crippen molar-refractivity contribution in [3.63, 3.8) is 0 Å². The molecule has 1 aliphatic heterocycles. The Labute approximate surface area is 203 Å². The number of carbonyl (C=O) groups excluding carboxylic acids is 2. The van der Waals surface area contributed by atoms with Crippen molar-refractivity contribution in [1.29, 1.82) is 0 Å². The number of nitrogens with one attached hydrogen (secondary N) is 2. The van der Waals surface area contributed by atoms with Crippen LogP contribution in [0.1, 0.15) is 5.56 Å². The Balaban J connectivity index is 1.54. The number of hydrogen-bond acceptors (Lipinski definition) is 5. The van der Waals surface area contributed by atoms with Crippen molar-refractivity contribution in [1.82, 2.24) is 10.4 Å². The maximum absolute atomic E-state index is 12.9. The highest BCUT2D eigenvalue weighted by Gasteiger charge is 2.33. The number of hydrazine groups is 1. The van der Waals surface area contributed by atoms with Crippen LogP contribution in [0.3, 0.4) is 0 Å². The summed E-state index contributed by atoms with van der Waals surface area (Å²) in [6, 6.07) is 15.5. The second-order valence-corrected chi connectivity index (χ2v) is 9.10. The summed E-state index contributed by atoms with van der Waals surface area (Å²) in [5.74, 6) is 0.315. The fourth-order valence-electron chi connectivity index (χ4n) is 3.14. The van der Waals surface area contributed by atoms with E-state index in [0.717, 1.165) is 38.9 Å². The lowest BCUT2D eigenvalue weighted by Gasteiger charge is -2.16. The molecule has 10 heteroatoms. The Bertz CT molecular complexity index is 1300. The van der Waals surface area contributed by atoms with Gasteiger partial charge in [-0.25, -0.2) is 10.2 Å². The minimum absolute atomic E-state index is 0.211. The van der Waals surface area contributed by atoms with Gasteiger partial charge in [0.1, 0.15) is 5.75 Å². The topological polar surface area (TPSA) is 70.7 Å². The third-order valence-electron chi connectivity index (χ3n) is 4.61. The van der Waals surface area contributed by atoms with Gasteiger partial charge in [0.25, 0.3) is 5.91 Å². The van der Waals surface area contributed by atoms with E-state index in [1.165, 1.54) is 6.07 Å². The average Bonchev–Trinajstić information content (AvgIpc) is 3.04. The summed E-state index contributed by atoms with van der Waals surface area (Å²) in [4.78, 5) is 25.7. The van der Waals surface area contributed by atoms with Gasteiger partial charge in [-0.1, -0.05) is 65.3 Å². The van der Waals surface area contributed by atoms with Gasteiger partial charge in [-0.15, -0.1) is 0 Å². The smallest absolute Gasteiger partial charge is 0.338 e. The van der Waals surface area contributed by atoms with Gasteiger partial charge in [-0.2, -0.15) is 5.01 Å². The van der Waals surface area contributed by atoms with E-state index in [1.54, 1.807) is 25.3 Å². The van der Waals surface area contributed by atoms with Gasteiger partial charge < -0.3 is 10.1 Å². The maximum Gasteiger partial charge on any atom is 0.338 e. The minimum atomic E-state index is -0.643. The van der Waals surface area contributed by atoms with Gasteiger partial charge in [-0.3, -0.25) is 4.79 Å². The Hall–Kier alpha value is -2.78. The SMILES string of the molecule is COc1ccc(/C=C2/SC(=S)N(NC(=O)Nc3ccc(Cl)c(Cl)c3)C2=O)c2ccccc12. The van der Waals surface area contributed by atoms with Gasteiger partial charge in [0.2, 0.25) is 0 Å². The van der Waals surface area contributed by atoms with Crippen molar-refractivity contribution in [3.8, 4) is 5.75 Å². The molecule has 6 nitrogen and oxygen atoms in total. The van der Waals surface area contributed by atoms with Crippen LogP contribution < -0.4 is 15.5 Å². The summed E-state index contributed by atoms with van der Waals surface area (Å²) in [6.45, 7) is 0. The summed E-state index contributed by atoms with van der Waals surface area (Å²) in [7, 11) is 1.61. The second-order valence-electron chi connectivity index (χ2n) is 6.61. The largest absolute Gasteiger partial charge is 0.496 e. The van der Waals surface area contributed by atoms with Crippen molar-refractivity contribution in [2.45, 2.75) is 0 Å². The number of methoxy groups -OCH3 is 1. The van der Waals surface area contributed by atoms with Crippen LogP contribution in [0.25, 0.3) is 16.8 Å². The number of rotatable bonds is 4. The molecular formula is C22H15Cl2N3O3S2. The lowest BCUT2D eigenvalue weighted by atomic mass is 10.0. The van der Waals surface area contributed by atoms with Gasteiger partial charge >= 0.3 is 6.03 Å². The second kappa shape index (κ2) is 9.38. The standard InChI is InChI=1S/C22H15Cl2N3O3S2/c1-30-18-9-6-12(14-4-2-3-5-15(14)18)10-19-20(28)27(22(31)32-19)26-21(29)25-13-7-8-16(23)17(24)11-13/h2-11H,1H3,(H2,25,26,29)/b19-10+. The molecule has 162 valence electrons. The molecule has 1 heterocycles. The Morgan fingerprint density at radius 1 is 1.09 bits per heavy atom. The lowest BCUT2D eigenvalue weighted by molar-refractivity contribution is -0.123. The fraction of sp³-hybridized carbons (Fsp3) is 0.0455. The van der Waals surface area contributed by atoms with Gasteiger partial charge in [0, 0.05) is 11.1 Å². The van der Waals surface area contributed by atoms with Crippen molar-refractivity contribution in [3.05, 3.63) is 75.1 Å². The van der Waals surface area contributed by atoms with Crippen molar-refractivity contribution in [2.75, 3.05) is 12.4 Å². The van der Waals surface area contributed by atoms with Crippen molar-refractivity contribution in [2.24, 2.45) is 0 Å². The summed E-state index contributed by atoms with van der Waals surface area (Å²) < 4.78 is 5.63. The molecule has 3 aromatic rings. The normalized spacial score (nSPS) is 14.8. The molecule has 4 rings (SSSR count). The van der Waals surface area contributed by atoms with Crippen LogP contribution in [0.15, 0.2) is 59.5 Å². The molecule has 1 fully saturated rings. The number of benzene rings is 3. The van der Waals surface area contributed by atoms with Crippen LogP contribution >= 0.6 is 47.2 Å². The fourth-order valence-corrected chi connectivity index (χ4v) is 4.61. The van der Waals surface area contributed by atoms with Crippen LogP contribution in [0, 0.1) is 0 Å². The molecule has 32 heavy (non-hydrogen) atoms. The molecule has 1 aliphatic rings. The van der Waals surface area contributed by atoms with E-state index in [1.807, 2.05) is 36.4 Å². The first-order valence-electron chi connectivity index (χ1n) is 9.24. The number of fused-ring (bicyclic) bond motifs is 1. The number of anilines is 1. The number of ether oxygens (including phenoxy) is 1. The third-order valence-corrected chi connectivity index (χ3v) is 6.65. The number of hydrogen-bond donors (Lipinski definition) is 2. The highest BCUT2D eigenvalue weighted by atomic mass is 35.5. The quantitative estimate of drug-likeness (QED) is 0.332. The Morgan fingerprint density at radius 2 is 1.84 bits per heavy atom. The molecule has 3 aromatic carbocycles. The zero-order valence-electron chi connectivity index (χ0n) is 16.5. The maximum atomic E-state index is 12.9. The highest BCUT2D eigenvalue weighted by Crippen LogP contribution is 2.35. The molecule has 0 spiro atoms. The molecule has 0 atom stereocenters. The summed E-state index contributed by atoms with van der Waals surface area (Å²) in [6.07, 6.45) is 1.75. The van der Waals surface area contributed by atoms with E-state index < -0.39 is 11.9 Å². The molecule has 0 saturated carbocycles. The molecule has 3 amide bonds. The average molecular weight is 504 g/mol. The number of urea groups is 1. The van der Waals surface area contributed by atoms with E-state index in [9.17, 15) is 9.59 Å². The molecule has 0 aromatic heterocycles. The Morgan fingerprint density at radius 3 is 2.56 bits per heavy atom. The van der Waals surface area contributed by atoms with E-state index in [2.05, 4.69) is 10.7 Å². The Kier molecular flexibility index (Phi) is 6.57. The first-order chi connectivity index (χ1) is 15.4. The summed E-state index contributed by atoms with van der Waals surface area (Å²) in [5, 5.41) is 6.15. The number of nitrogens with zero attached hydrogens (tertiary/aromatic N) is 1. The van der Waals surface area contributed by atoms with Crippen LogP contribution in [-0.2, 0) is 4.79 Å². The molecule has 2 N–H and O–H groups in total. The monoisotopic (exact) mass is 503 g/mol. The predicted molar refractivity (Wildman–Crippen MR) is 134 cm³/mol. The van der Waals surface area contributed by atoms with E-state index >= 15 is 0 Å². The third kappa shape index (κ3) is 4.54. The predicted octanol–water partition coefficient (Wildman–Crippen LogP) is 6.09. The van der Waals surface area contributed by atoms with Crippen LogP contribution in [-0.4, -0.2) is 28.4 Å². The summed E-state index contributed by atoms with van der Waals surface area (Å²) in [5.41, 5.74) is 3.72. The molecule has 0 bridgehead atoms. The molecule has 1 saturated heterocycles. The van der Waals surface area contributed by atoms with E-state index in [4.69, 9.17) is 40.2 Å². The molecule has 0 unspecified atom stereocenters. The molecule has 0 radical (unpaired) electrons. The van der Waals surface area contributed by atoms with Crippen LogP contribution in [0.5, 0.6) is 5.75 Å². The highest BCUT2D eigenvalue weighted by molar-refractivity contribution is 8.26. The van der Waals surface area contributed by atoms with Gasteiger partial charge in [-0.05, 0) is 53.5 Å². The van der Waals surface area contributed by atoms with E-state index in [0.29, 0.717) is 20.6 Å². The van der Waals surface area contributed by atoms with Crippen molar-refractivity contribution < 1.29 is 14.3 Å². The van der Waals surface area contributed by atoms with Crippen LogP contribution in [0.4, 0.5) is 10.5 Å². The van der Waals surface area contributed by atoms with Crippen LogP contribution in [0.2, 0.25) is 10.0 Å². The number of thiocarbonyl (C=S) groups is 1. The number of amides is 3. The van der Waals surface area contributed by atoms with Gasteiger partial charge in [0.05, 0.1) is 22.1 Å². The summed E-state index contributed by atoms with van der Waals surface area (Å²) >= 11 is 18.2. The van der Waals surface area contributed by atoms with Crippen molar-refractivity contribution >= 4 is 86.0 Å². The number of halogens is 2. The number of carbonyl (C=O) groups is 2. The zero-order chi connectivity index (χ0) is 22.8. The minimum Gasteiger partial charge on any atom is -0.496 e. The van der Waals surface area contributed by atoms with Gasteiger partial charge in [0.15, 0.2) is 4.32 Å². The van der Waals surface area contributed by atoms with E-state index in [-0.39, 0.29) is 4.32 Å².